The third kappa shape index (κ3) is 7.75. The van der Waals surface area contributed by atoms with Crippen LogP contribution >= 0.6 is 0 Å². The summed E-state index contributed by atoms with van der Waals surface area (Å²) in [7, 11) is 0. The molecule has 6 nitrogen and oxygen atoms in total. The molecule has 0 saturated carbocycles. The van der Waals surface area contributed by atoms with Gasteiger partial charge >= 0.3 is 0 Å². The molecular formula is C25H41N5O. The van der Waals surface area contributed by atoms with Crippen molar-refractivity contribution in [2.75, 3.05) is 0 Å². The van der Waals surface area contributed by atoms with E-state index in [2.05, 4.69) is 68.2 Å². The molecule has 0 aliphatic heterocycles. The molecule has 172 valence electrons. The highest BCUT2D eigenvalue weighted by molar-refractivity contribution is 5.73. The van der Waals surface area contributed by atoms with E-state index < -0.39 is 5.91 Å². The van der Waals surface area contributed by atoms with E-state index in [1.54, 1.807) is 11.1 Å². The normalized spacial score (nSPS) is 12.6. The lowest BCUT2D eigenvalue weighted by Gasteiger charge is -2.26. The number of rotatable bonds is 14. The second kappa shape index (κ2) is 12.6. The van der Waals surface area contributed by atoms with E-state index in [9.17, 15) is 4.79 Å². The largest absolute Gasteiger partial charge is 0.368 e. The van der Waals surface area contributed by atoms with Crippen LogP contribution in [0.5, 0.6) is 0 Å². The Bertz CT molecular complexity index is 812. The van der Waals surface area contributed by atoms with Crippen LogP contribution in [0.1, 0.15) is 120 Å². The summed E-state index contributed by atoms with van der Waals surface area (Å²) in [6, 6.07) is 6.96. The van der Waals surface area contributed by atoms with Gasteiger partial charge in [0.2, 0.25) is 5.91 Å². The lowest BCUT2D eigenvalue weighted by atomic mass is 9.79. The molecule has 0 aliphatic rings. The minimum absolute atomic E-state index is 0.0142. The fourth-order valence-corrected chi connectivity index (χ4v) is 4.47. The number of aryl methyl sites for hydroxylation is 1. The van der Waals surface area contributed by atoms with E-state index in [1.807, 2.05) is 0 Å². The number of aromatic nitrogens is 4. The van der Waals surface area contributed by atoms with Crippen LogP contribution in [0.3, 0.4) is 0 Å². The highest BCUT2D eigenvalue weighted by Crippen LogP contribution is 2.37. The summed E-state index contributed by atoms with van der Waals surface area (Å²) in [6.45, 7) is 11.5. The van der Waals surface area contributed by atoms with Crippen molar-refractivity contribution in [2.45, 2.75) is 110 Å². The Morgan fingerprint density at radius 2 is 1.71 bits per heavy atom. The molecule has 1 heterocycles. The van der Waals surface area contributed by atoms with Crippen LogP contribution in [0.25, 0.3) is 0 Å². The number of amides is 1. The van der Waals surface area contributed by atoms with Crippen LogP contribution < -0.4 is 5.73 Å². The Kier molecular flexibility index (Phi) is 10.2. The Labute approximate surface area is 188 Å². The van der Waals surface area contributed by atoms with E-state index >= 15 is 0 Å². The Hall–Kier alpha value is -2.24. The minimum atomic E-state index is -0.454. The topological polar surface area (TPSA) is 86.7 Å². The van der Waals surface area contributed by atoms with Gasteiger partial charge in [-0.25, -0.2) is 0 Å². The molecule has 0 bridgehead atoms. The summed E-state index contributed by atoms with van der Waals surface area (Å²) >= 11 is 0. The van der Waals surface area contributed by atoms with E-state index in [-0.39, 0.29) is 6.54 Å². The van der Waals surface area contributed by atoms with Crippen LogP contribution in [0.15, 0.2) is 18.2 Å². The molecule has 0 saturated heterocycles. The third-order valence-corrected chi connectivity index (χ3v) is 5.96. The molecule has 31 heavy (non-hydrogen) atoms. The zero-order valence-electron chi connectivity index (χ0n) is 20.1. The molecule has 1 amide bonds. The van der Waals surface area contributed by atoms with Crippen molar-refractivity contribution in [3.05, 3.63) is 40.7 Å². The molecule has 1 aromatic heterocycles. The maximum Gasteiger partial charge on any atom is 0.241 e. The number of carbonyl (C=O) groups excluding carboxylic acids is 1. The highest BCUT2D eigenvalue weighted by atomic mass is 16.1. The Balaban J connectivity index is 1.97. The number of nitrogens with two attached hydrogens (primary N) is 1. The molecule has 6 heteroatoms. The van der Waals surface area contributed by atoms with Crippen LogP contribution in [0.2, 0.25) is 0 Å². The first-order valence-corrected chi connectivity index (χ1v) is 12.0. The van der Waals surface area contributed by atoms with Gasteiger partial charge in [0.15, 0.2) is 5.82 Å². The summed E-state index contributed by atoms with van der Waals surface area (Å²) in [4.78, 5) is 12.2. The van der Waals surface area contributed by atoms with Crippen LogP contribution in [0, 0.1) is 0 Å². The average Bonchev–Trinajstić information content (AvgIpc) is 3.15. The van der Waals surface area contributed by atoms with Crippen molar-refractivity contribution >= 4 is 5.91 Å². The van der Waals surface area contributed by atoms with Crippen LogP contribution in [0.4, 0.5) is 0 Å². The third-order valence-electron chi connectivity index (χ3n) is 5.96. The van der Waals surface area contributed by atoms with Crippen molar-refractivity contribution in [3.63, 3.8) is 0 Å². The zero-order valence-corrected chi connectivity index (χ0v) is 20.1. The molecule has 2 N–H and O–H groups in total. The SMILES string of the molecule is CCCCC(CCCCCc1nnn(CC(N)=O)n1)c1cccc(C(C)C)c1C(C)C. The Morgan fingerprint density at radius 1 is 1.00 bits per heavy atom. The summed E-state index contributed by atoms with van der Waals surface area (Å²) in [5.41, 5.74) is 9.84. The maximum atomic E-state index is 11.0. The smallest absolute Gasteiger partial charge is 0.241 e. The van der Waals surface area contributed by atoms with Gasteiger partial charge in [0.25, 0.3) is 0 Å². The summed E-state index contributed by atoms with van der Waals surface area (Å²) in [5.74, 6) is 1.97. The fraction of sp³-hybridized carbons (Fsp3) is 0.680. The zero-order chi connectivity index (χ0) is 22.8. The standard InChI is InChI=1S/C25H41N5O/c1-6-7-12-20(22-15-11-14-21(18(2)3)25(22)19(4)5)13-9-8-10-16-24-27-29-30(28-24)17-23(26)31/h11,14-15,18-20H,6-10,12-13,16-17H2,1-5H3,(H2,26,31). The second-order valence-electron chi connectivity index (χ2n) is 9.30. The van der Waals surface area contributed by atoms with Gasteiger partial charge in [0, 0.05) is 6.42 Å². The average molecular weight is 428 g/mol. The van der Waals surface area contributed by atoms with E-state index in [0.717, 1.165) is 19.3 Å². The molecule has 0 fully saturated rings. The lowest BCUT2D eigenvalue weighted by Crippen LogP contribution is -2.20. The van der Waals surface area contributed by atoms with Crippen LogP contribution in [-0.2, 0) is 17.8 Å². The number of primary amides is 1. The van der Waals surface area contributed by atoms with Crippen molar-refractivity contribution < 1.29 is 4.79 Å². The molecule has 1 atom stereocenters. The van der Waals surface area contributed by atoms with Crippen molar-refractivity contribution in [1.29, 1.82) is 0 Å². The van der Waals surface area contributed by atoms with Crippen LogP contribution in [-0.4, -0.2) is 26.1 Å². The summed E-state index contributed by atoms with van der Waals surface area (Å²) in [6.07, 6.45) is 9.18. The van der Waals surface area contributed by atoms with E-state index in [0.29, 0.717) is 23.6 Å². The maximum absolute atomic E-state index is 11.0. The first-order chi connectivity index (χ1) is 14.8. The van der Waals surface area contributed by atoms with Gasteiger partial charge in [-0.05, 0) is 58.9 Å². The number of nitrogens with zero attached hydrogens (tertiary/aromatic N) is 4. The molecule has 2 aromatic rings. The molecule has 0 radical (unpaired) electrons. The van der Waals surface area contributed by atoms with Gasteiger partial charge in [-0.3, -0.25) is 4.79 Å². The second-order valence-corrected chi connectivity index (χ2v) is 9.30. The number of benzene rings is 1. The fourth-order valence-electron chi connectivity index (χ4n) is 4.47. The summed E-state index contributed by atoms with van der Waals surface area (Å²) in [5, 5.41) is 12.1. The first-order valence-electron chi connectivity index (χ1n) is 12.0. The van der Waals surface area contributed by atoms with Crippen molar-refractivity contribution in [1.82, 2.24) is 20.2 Å². The van der Waals surface area contributed by atoms with E-state index in [4.69, 9.17) is 5.73 Å². The first kappa shape index (κ1) is 25.0. The van der Waals surface area contributed by atoms with Gasteiger partial charge in [-0.2, -0.15) is 4.80 Å². The molecule has 1 unspecified atom stereocenters. The van der Waals surface area contributed by atoms with Gasteiger partial charge in [0.05, 0.1) is 0 Å². The number of hydrogen-bond donors (Lipinski definition) is 1. The van der Waals surface area contributed by atoms with E-state index in [1.165, 1.54) is 42.5 Å². The van der Waals surface area contributed by atoms with Gasteiger partial charge in [-0.15, -0.1) is 10.2 Å². The molecular weight excluding hydrogens is 386 g/mol. The monoisotopic (exact) mass is 427 g/mol. The van der Waals surface area contributed by atoms with Crippen molar-refractivity contribution in [3.8, 4) is 0 Å². The van der Waals surface area contributed by atoms with Gasteiger partial charge in [0.1, 0.15) is 6.54 Å². The Morgan fingerprint density at radius 3 is 2.35 bits per heavy atom. The minimum Gasteiger partial charge on any atom is -0.368 e. The molecule has 1 aromatic carbocycles. The lowest BCUT2D eigenvalue weighted by molar-refractivity contribution is -0.118. The predicted molar refractivity (Wildman–Crippen MR) is 126 cm³/mol. The van der Waals surface area contributed by atoms with Gasteiger partial charge < -0.3 is 5.73 Å². The quantitative estimate of drug-likeness (QED) is 0.404. The number of hydrogen-bond acceptors (Lipinski definition) is 4. The van der Waals surface area contributed by atoms with Crippen molar-refractivity contribution in [2.24, 2.45) is 5.73 Å². The number of unbranched alkanes of at least 4 members (excludes halogenated alkanes) is 3. The molecule has 0 aliphatic carbocycles. The molecule has 2 rings (SSSR count). The number of carbonyl (C=O) groups is 1. The highest BCUT2D eigenvalue weighted by Gasteiger charge is 2.20. The summed E-state index contributed by atoms with van der Waals surface area (Å²) < 4.78 is 0. The number of tetrazole rings is 1. The molecule has 0 spiro atoms. The predicted octanol–water partition coefficient (Wildman–Crippen LogP) is 5.48. The van der Waals surface area contributed by atoms with Gasteiger partial charge in [-0.1, -0.05) is 78.5 Å².